The summed E-state index contributed by atoms with van der Waals surface area (Å²) >= 11 is 0. The van der Waals surface area contributed by atoms with Crippen LogP contribution in [-0.4, -0.2) is 11.8 Å². The van der Waals surface area contributed by atoms with Crippen LogP contribution in [0.15, 0.2) is 43.5 Å². The van der Waals surface area contributed by atoms with Gasteiger partial charge in [-0.1, -0.05) is 13.2 Å². The predicted molar refractivity (Wildman–Crippen MR) is 68.5 cm³/mol. The van der Waals surface area contributed by atoms with Crippen LogP contribution in [0.3, 0.4) is 0 Å². The van der Waals surface area contributed by atoms with Crippen LogP contribution in [0.1, 0.15) is 0 Å². The van der Waals surface area contributed by atoms with Gasteiger partial charge in [0.25, 0.3) is 0 Å². The third-order valence-electron chi connectivity index (χ3n) is 1.95. The number of rotatable bonds is 4. The van der Waals surface area contributed by atoms with E-state index in [1.807, 2.05) is 0 Å². The van der Waals surface area contributed by atoms with Crippen LogP contribution in [0, 0.1) is 0 Å². The number of hydrogen-bond donors (Lipinski definition) is 3. The summed E-state index contributed by atoms with van der Waals surface area (Å²) in [4.78, 5) is 22.1. The number of nitrogen functional groups attached to an aromatic ring is 1. The molecule has 0 aromatic heterocycles. The summed E-state index contributed by atoms with van der Waals surface area (Å²) in [5, 5.41) is 5.10. The fourth-order valence-corrected chi connectivity index (χ4v) is 1.13. The van der Waals surface area contributed by atoms with Gasteiger partial charge < -0.3 is 16.4 Å². The average Bonchev–Trinajstić information content (AvgIpc) is 2.32. The molecule has 0 heterocycles. The normalized spacial score (nSPS) is 9.18. The summed E-state index contributed by atoms with van der Waals surface area (Å²) in [5.41, 5.74) is 7.06. The zero-order valence-corrected chi connectivity index (χ0v) is 9.19. The molecule has 1 aromatic rings. The summed E-state index contributed by atoms with van der Waals surface area (Å²) in [5.74, 6) is -0.674. The Labute approximate surface area is 99.0 Å². The van der Waals surface area contributed by atoms with E-state index in [9.17, 15) is 9.59 Å². The van der Waals surface area contributed by atoms with E-state index >= 15 is 0 Å². The first-order valence-corrected chi connectivity index (χ1v) is 4.83. The summed E-state index contributed by atoms with van der Waals surface area (Å²) < 4.78 is 0. The molecule has 88 valence electrons. The van der Waals surface area contributed by atoms with Crippen LogP contribution < -0.4 is 16.4 Å². The monoisotopic (exact) mass is 231 g/mol. The first kappa shape index (κ1) is 12.5. The van der Waals surface area contributed by atoms with Crippen molar-refractivity contribution in [2.45, 2.75) is 0 Å². The summed E-state index contributed by atoms with van der Waals surface area (Å²) in [6.07, 6.45) is 2.30. The third-order valence-corrected chi connectivity index (χ3v) is 1.95. The molecule has 2 amide bonds. The van der Waals surface area contributed by atoms with E-state index in [4.69, 9.17) is 5.73 Å². The summed E-state index contributed by atoms with van der Waals surface area (Å²) in [6, 6.07) is 4.76. The molecule has 0 spiro atoms. The minimum absolute atomic E-state index is 0.327. The van der Waals surface area contributed by atoms with Gasteiger partial charge in [0.2, 0.25) is 11.8 Å². The molecule has 0 saturated carbocycles. The summed E-state index contributed by atoms with van der Waals surface area (Å²) in [6.45, 7) is 6.67. The van der Waals surface area contributed by atoms with Crippen molar-refractivity contribution < 1.29 is 9.59 Å². The van der Waals surface area contributed by atoms with Crippen molar-refractivity contribution in [1.82, 2.24) is 0 Å². The Morgan fingerprint density at radius 2 is 1.71 bits per heavy atom. The van der Waals surface area contributed by atoms with Gasteiger partial charge in [-0.05, 0) is 30.4 Å². The second-order valence-corrected chi connectivity index (χ2v) is 3.19. The van der Waals surface area contributed by atoms with Crippen molar-refractivity contribution in [2.75, 3.05) is 16.4 Å². The van der Waals surface area contributed by atoms with Crippen molar-refractivity contribution in [3.8, 4) is 0 Å². The minimum atomic E-state index is -0.348. The van der Waals surface area contributed by atoms with Gasteiger partial charge in [0.1, 0.15) is 0 Å². The molecule has 0 saturated heterocycles. The van der Waals surface area contributed by atoms with Gasteiger partial charge in [-0.3, -0.25) is 9.59 Å². The van der Waals surface area contributed by atoms with E-state index in [-0.39, 0.29) is 11.8 Å². The second-order valence-electron chi connectivity index (χ2n) is 3.19. The molecule has 0 aliphatic carbocycles. The number of amides is 2. The van der Waals surface area contributed by atoms with Gasteiger partial charge in [-0.2, -0.15) is 0 Å². The molecule has 5 heteroatoms. The highest BCUT2D eigenvalue weighted by Gasteiger charge is 2.04. The van der Waals surface area contributed by atoms with Crippen LogP contribution in [0.2, 0.25) is 0 Å². The van der Waals surface area contributed by atoms with Crippen LogP contribution in [0.5, 0.6) is 0 Å². The average molecular weight is 231 g/mol. The molecule has 1 rings (SSSR count). The Bertz CT molecular complexity index is 481. The standard InChI is InChI=1S/C12H13N3O2/c1-3-11(16)14-8-5-6-10(9(13)7-8)15-12(17)4-2/h3-7H,1-2,13H2,(H,14,16)(H,15,17). The molecular weight excluding hydrogens is 218 g/mol. The smallest absolute Gasteiger partial charge is 0.247 e. The number of benzene rings is 1. The fraction of sp³-hybridized carbons (Fsp3) is 0. The molecule has 0 aliphatic rings. The van der Waals surface area contributed by atoms with Gasteiger partial charge in [0.05, 0.1) is 11.4 Å². The van der Waals surface area contributed by atoms with Gasteiger partial charge in [-0.25, -0.2) is 0 Å². The molecule has 1 aromatic carbocycles. The Hall–Kier alpha value is -2.56. The molecule has 4 N–H and O–H groups in total. The van der Waals surface area contributed by atoms with Crippen LogP contribution in [-0.2, 0) is 9.59 Å². The van der Waals surface area contributed by atoms with E-state index in [0.717, 1.165) is 12.2 Å². The number of anilines is 3. The van der Waals surface area contributed by atoms with Gasteiger partial charge >= 0.3 is 0 Å². The highest BCUT2D eigenvalue weighted by molar-refractivity contribution is 6.02. The van der Waals surface area contributed by atoms with Crippen molar-refractivity contribution in [3.05, 3.63) is 43.5 Å². The number of carbonyl (C=O) groups is 2. The second kappa shape index (κ2) is 5.50. The number of carbonyl (C=O) groups excluding carboxylic acids is 2. The number of nitrogens with two attached hydrogens (primary N) is 1. The van der Waals surface area contributed by atoms with E-state index in [0.29, 0.717) is 17.1 Å². The van der Waals surface area contributed by atoms with Gasteiger partial charge in [0, 0.05) is 5.69 Å². The maximum Gasteiger partial charge on any atom is 0.247 e. The number of hydrogen-bond acceptors (Lipinski definition) is 3. The highest BCUT2D eigenvalue weighted by atomic mass is 16.2. The molecule has 5 nitrogen and oxygen atoms in total. The third kappa shape index (κ3) is 3.49. The van der Waals surface area contributed by atoms with Crippen molar-refractivity contribution in [1.29, 1.82) is 0 Å². The fourth-order valence-electron chi connectivity index (χ4n) is 1.13. The van der Waals surface area contributed by atoms with Crippen molar-refractivity contribution in [2.24, 2.45) is 0 Å². The van der Waals surface area contributed by atoms with Gasteiger partial charge in [-0.15, -0.1) is 0 Å². The van der Waals surface area contributed by atoms with Crippen LogP contribution >= 0.6 is 0 Å². The lowest BCUT2D eigenvalue weighted by Crippen LogP contribution is -2.11. The quantitative estimate of drug-likeness (QED) is 0.542. The maximum absolute atomic E-state index is 11.1. The SMILES string of the molecule is C=CC(=O)Nc1ccc(NC(=O)C=C)c(N)c1. The minimum Gasteiger partial charge on any atom is -0.397 e. The van der Waals surface area contributed by atoms with E-state index in [1.54, 1.807) is 18.2 Å². The maximum atomic E-state index is 11.1. The lowest BCUT2D eigenvalue weighted by molar-refractivity contribution is -0.112. The Kier molecular flexibility index (Phi) is 4.05. The Morgan fingerprint density at radius 3 is 2.24 bits per heavy atom. The summed E-state index contributed by atoms with van der Waals surface area (Å²) in [7, 11) is 0. The molecule has 0 atom stereocenters. The zero-order chi connectivity index (χ0) is 12.8. The molecule has 0 radical (unpaired) electrons. The highest BCUT2D eigenvalue weighted by Crippen LogP contribution is 2.22. The topological polar surface area (TPSA) is 84.2 Å². The van der Waals surface area contributed by atoms with Crippen molar-refractivity contribution in [3.63, 3.8) is 0 Å². The predicted octanol–water partition coefficient (Wildman–Crippen LogP) is 1.52. The first-order chi connectivity index (χ1) is 8.06. The van der Waals surface area contributed by atoms with Crippen LogP contribution in [0.4, 0.5) is 17.1 Å². The largest absolute Gasteiger partial charge is 0.397 e. The van der Waals surface area contributed by atoms with Crippen LogP contribution in [0.25, 0.3) is 0 Å². The molecular formula is C12H13N3O2. The lowest BCUT2D eigenvalue weighted by Gasteiger charge is -2.08. The Balaban J connectivity index is 2.85. The number of nitrogens with one attached hydrogen (secondary N) is 2. The first-order valence-electron chi connectivity index (χ1n) is 4.83. The van der Waals surface area contributed by atoms with Crippen molar-refractivity contribution >= 4 is 28.9 Å². The molecule has 0 bridgehead atoms. The zero-order valence-electron chi connectivity index (χ0n) is 9.19. The van der Waals surface area contributed by atoms with Gasteiger partial charge in [0.15, 0.2) is 0 Å². The Morgan fingerprint density at radius 1 is 1.12 bits per heavy atom. The van der Waals surface area contributed by atoms with E-state index < -0.39 is 0 Å². The lowest BCUT2D eigenvalue weighted by atomic mass is 10.2. The molecule has 0 unspecified atom stereocenters. The van der Waals surface area contributed by atoms with E-state index in [1.165, 1.54) is 0 Å². The molecule has 0 fully saturated rings. The molecule has 0 aliphatic heterocycles. The van der Waals surface area contributed by atoms with E-state index in [2.05, 4.69) is 23.8 Å². The molecule has 17 heavy (non-hydrogen) atoms.